The zero-order chi connectivity index (χ0) is 16.9. The predicted molar refractivity (Wildman–Crippen MR) is 89.3 cm³/mol. The van der Waals surface area contributed by atoms with Gasteiger partial charge in [-0.1, -0.05) is 48.5 Å². The van der Waals surface area contributed by atoms with Crippen molar-refractivity contribution in [2.45, 2.75) is 6.42 Å². The van der Waals surface area contributed by atoms with E-state index in [0.29, 0.717) is 11.1 Å². The smallest absolute Gasteiger partial charge is 0.363 e. The third-order valence-electron chi connectivity index (χ3n) is 3.57. The number of benzene rings is 3. The molecule has 0 fully saturated rings. The van der Waals surface area contributed by atoms with Crippen LogP contribution in [-0.2, 0) is 16.1 Å². The minimum atomic E-state index is -0.620. The van der Waals surface area contributed by atoms with Crippen LogP contribution in [0.5, 0.6) is 5.75 Å². The first kappa shape index (κ1) is 15.6. The molecular formula is C19H15NO4. The summed E-state index contributed by atoms with van der Waals surface area (Å²) in [6.07, 6.45) is 0.0447. The summed E-state index contributed by atoms with van der Waals surface area (Å²) in [5, 5.41) is 10.9. The number of aromatic hydroxyl groups is 1. The second-order valence-electron chi connectivity index (χ2n) is 5.28. The highest BCUT2D eigenvalue weighted by molar-refractivity contribution is 6.04. The number of fused-ring (bicyclic) bond motifs is 1. The number of hydrogen-bond donors (Lipinski definition) is 2. The van der Waals surface area contributed by atoms with Crippen molar-refractivity contribution in [2.24, 2.45) is 0 Å². The van der Waals surface area contributed by atoms with Crippen LogP contribution in [0.1, 0.15) is 15.9 Å². The van der Waals surface area contributed by atoms with Crippen molar-refractivity contribution in [3.8, 4) is 5.75 Å². The fraction of sp³-hybridized carbons (Fsp3) is 0.0526. The lowest BCUT2D eigenvalue weighted by Crippen LogP contribution is -2.28. The van der Waals surface area contributed by atoms with Gasteiger partial charge in [-0.2, -0.15) is 5.48 Å². The Labute approximate surface area is 138 Å². The van der Waals surface area contributed by atoms with Crippen molar-refractivity contribution in [1.29, 1.82) is 0 Å². The third-order valence-corrected chi connectivity index (χ3v) is 3.57. The lowest BCUT2D eigenvalue weighted by molar-refractivity contribution is -0.129. The number of carbonyl (C=O) groups is 2. The standard InChI is InChI=1S/C19H15NO4/c21-15-10-8-13(9-11-15)12-18(22)20-24-19(23)17-7-3-5-14-4-1-2-6-16(14)17/h1-11,21H,12H2,(H,20,22). The molecule has 1 amide bonds. The summed E-state index contributed by atoms with van der Waals surface area (Å²) in [6, 6.07) is 19.0. The highest BCUT2D eigenvalue weighted by Crippen LogP contribution is 2.19. The molecule has 0 spiro atoms. The summed E-state index contributed by atoms with van der Waals surface area (Å²) in [5.41, 5.74) is 3.25. The van der Waals surface area contributed by atoms with E-state index in [4.69, 9.17) is 4.84 Å². The van der Waals surface area contributed by atoms with Crippen LogP contribution in [0.15, 0.2) is 66.7 Å². The topological polar surface area (TPSA) is 75.6 Å². The molecule has 0 aliphatic heterocycles. The molecule has 0 aromatic heterocycles. The van der Waals surface area contributed by atoms with Crippen LogP contribution in [-0.4, -0.2) is 17.0 Å². The molecule has 0 aliphatic carbocycles. The molecule has 3 rings (SSSR count). The Bertz CT molecular complexity index is 882. The molecule has 120 valence electrons. The van der Waals surface area contributed by atoms with Gasteiger partial charge in [0.2, 0.25) is 0 Å². The van der Waals surface area contributed by atoms with Crippen LogP contribution < -0.4 is 5.48 Å². The van der Waals surface area contributed by atoms with Crippen LogP contribution in [0.2, 0.25) is 0 Å². The highest BCUT2D eigenvalue weighted by Gasteiger charge is 2.13. The molecule has 0 saturated carbocycles. The van der Waals surface area contributed by atoms with Crippen molar-refractivity contribution in [3.05, 3.63) is 77.9 Å². The molecule has 0 unspecified atom stereocenters. The second-order valence-corrected chi connectivity index (χ2v) is 5.28. The van der Waals surface area contributed by atoms with Gasteiger partial charge in [-0.05, 0) is 34.5 Å². The van der Waals surface area contributed by atoms with Gasteiger partial charge in [-0.3, -0.25) is 4.79 Å². The van der Waals surface area contributed by atoms with Gasteiger partial charge in [-0.15, -0.1) is 0 Å². The normalized spacial score (nSPS) is 10.3. The molecule has 0 aliphatic rings. The first-order valence-electron chi connectivity index (χ1n) is 7.39. The van der Waals surface area contributed by atoms with Crippen LogP contribution >= 0.6 is 0 Å². The summed E-state index contributed by atoms with van der Waals surface area (Å²) >= 11 is 0. The minimum Gasteiger partial charge on any atom is -0.508 e. The SMILES string of the molecule is O=C(Cc1ccc(O)cc1)NOC(=O)c1cccc2ccccc12. The Kier molecular flexibility index (Phi) is 4.43. The average molecular weight is 321 g/mol. The maximum absolute atomic E-state index is 12.2. The zero-order valence-electron chi connectivity index (χ0n) is 12.7. The predicted octanol–water partition coefficient (Wildman–Crippen LogP) is 2.98. The number of phenolic OH excluding ortho intramolecular Hbond substituents is 1. The summed E-state index contributed by atoms with van der Waals surface area (Å²) in [6.45, 7) is 0. The lowest BCUT2D eigenvalue weighted by Gasteiger charge is -2.08. The van der Waals surface area contributed by atoms with E-state index in [0.717, 1.165) is 10.8 Å². The Morgan fingerprint density at radius 1 is 0.917 bits per heavy atom. The first-order valence-corrected chi connectivity index (χ1v) is 7.39. The molecule has 0 bridgehead atoms. The number of nitrogens with one attached hydrogen (secondary N) is 1. The number of hydrogen-bond acceptors (Lipinski definition) is 4. The average Bonchev–Trinajstić information content (AvgIpc) is 2.61. The van der Waals surface area contributed by atoms with Crippen molar-refractivity contribution in [2.75, 3.05) is 0 Å². The zero-order valence-corrected chi connectivity index (χ0v) is 12.7. The van der Waals surface area contributed by atoms with E-state index in [-0.39, 0.29) is 12.2 Å². The molecule has 24 heavy (non-hydrogen) atoms. The van der Waals surface area contributed by atoms with Gasteiger partial charge in [0.05, 0.1) is 12.0 Å². The molecule has 5 heteroatoms. The van der Waals surface area contributed by atoms with E-state index < -0.39 is 11.9 Å². The maximum atomic E-state index is 12.2. The third kappa shape index (κ3) is 3.52. The summed E-state index contributed by atoms with van der Waals surface area (Å²) in [4.78, 5) is 28.9. The molecule has 3 aromatic carbocycles. The quantitative estimate of drug-likeness (QED) is 0.727. The van der Waals surface area contributed by atoms with Crippen LogP contribution in [0, 0.1) is 0 Å². The van der Waals surface area contributed by atoms with Gasteiger partial charge in [0.1, 0.15) is 5.75 Å². The van der Waals surface area contributed by atoms with Crippen LogP contribution in [0.3, 0.4) is 0 Å². The Morgan fingerprint density at radius 2 is 1.62 bits per heavy atom. The molecule has 0 heterocycles. The lowest BCUT2D eigenvalue weighted by atomic mass is 10.1. The van der Waals surface area contributed by atoms with Gasteiger partial charge >= 0.3 is 5.97 Å². The Balaban J connectivity index is 1.64. The largest absolute Gasteiger partial charge is 0.508 e. The number of carbonyl (C=O) groups excluding carboxylic acids is 2. The first-order chi connectivity index (χ1) is 11.6. The summed E-state index contributed by atoms with van der Waals surface area (Å²) < 4.78 is 0. The molecule has 0 saturated heterocycles. The number of hydroxylamine groups is 1. The Morgan fingerprint density at radius 3 is 2.42 bits per heavy atom. The summed E-state index contributed by atoms with van der Waals surface area (Å²) in [5.74, 6) is -0.943. The number of phenols is 1. The van der Waals surface area contributed by atoms with Gasteiger partial charge in [0.25, 0.3) is 5.91 Å². The number of rotatable bonds is 3. The summed E-state index contributed by atoms with van der Waals surface area (Å²) in [7, 11) is 0. The molecular weight excluding hydrogens is 306 g/mol. The fourth-order valence-electron chi connectivity index (χ4n) is 2.40. The van der Waals surface area contributed by atoms with Gasteiger partial charge in [0, 0.05) is 0 Å². The molecule has 5 nitrogen and oxygen atoms in total. The van der Waals surface area contributed by atoms with Crippen molar-refractivity contribution in [3.63, 3.8) is 0 Å². The van der Waals surface area contributed by atoms with E-state index in [9.17, 15) is 14.7 Å². The number of amides is 1. The van der Waals surface area contributed by atoms with Crippen LogP contribution in [0.4, 0.5) is 0 Å². The molecule has 3 aromatic rings. The van der Waals surface area contributed by atoms with E-state index in [1.807, 2.05) is 30.3 Å². The maximum Gasteiger partial charge on any atom is 0.363 e. The van der Waals surface area contributed by atoms with Crippen molar-refractivity contribution < 1.29 is 19.5 Å². The van der Waals surface area contributed by atoms with Gasteiger partial charge in [-0.25, -0.2) is 4.79 Å². The second kappa shape index (κ2) is 6.83. The fourth-order valence-corrected chi connectivity index (χ4v) is 2.40. The monoisotopic (exact) mass is 321 g/mol. The van der Waals surface area contributed by atoms with Crippen LogP contribution in [0.25, 0.3) is 10.8 Å². The van der Waals surface area contributed by atoms with Crippen molar-refractivity contribution in [1.82, 2.24) is 5.48 Å². The molecule has 0 radical (unpaired) electrons. The Hall–Kier alpha value is -3.34. The highest BCUT2D eigenvalue weighted by atomic mass is 16.7. The van der Waals surface area contributed by atoms with E-state index in [2.05, 4.69) is 5.48 Å². The van der Waals surface area contributed by atoms with Gasteiger partial charge in [0.15, 0.2) is 0 Å². The van der Waals surface area contributed by atoms with E-state index in [1.54, 1.807) is 24.3 Å². The van der Waals surface area contributed by atoms with Crippen molar-refractivity contribution >= 4 is 22.6 Å². The van der Waals surface area contributed by atoms with E-state index in [1.165, 1.54) is 12.1 Å². The molecule has 2 N–H and O–H groups in total. The van der Waals surface area contributed by atoms with E-state index >= 15 is 0 Å². The minimum absolute atomic E-state index is 0.0447. The molecule has 0 atom stereocenters. The van der Waals surface area contributed by atoms with Gasteiger partial charge < -0.3 is 9.94 Å².